The van der Waals surface area contributed by atoms with Crippen LogP contribution < -0.4 is 0 Å². The van der Waals surface area contributed by atoms with Gasteiger partial charge in [-0.1, -0.05) is 58.4 Å². The Morgan fingerprint density at radius 2 is 1.91 bits per heavy atom. The van der Waals surface area contributed by atoms with Crippen LogP contribution in [0.15, 0.2) is 69.8 Å². The minimum absolute atomic E-state index is 0.871. The Hall–Kier alpha value is -1.84. The van der Waals surface area contributed by atoms with Crippen molar-refractivity contribution in [3.63, 3.8) is 0 Å². The van der Waals surface area contributed by atoms with Crippen molar-refractivity contribution in [2.24, 2.45) is 0 Å². The van der Waals surface area contributed by atoms with E-state index in [0.29, 0.717) is 0 Å². The first-order chi connectivity index (χ1) is 10.7. The third-order valence-corrected chi connectivity index (χ3v) is 4.13. The fraction of sp³-hybridized carbons (Fsp3) is 0.158. The Labute approximate surface area is 139 Å². The van der Waals surface area contributed by atoms with E-state index in [9.17, 15) is 0 Å². The number of benzene rings is 2. The number of fused-ring (bicyclic) bond motifs is 1. The molecule has 3 heteroatoms. The lowest BCUT2D eigenvalue weighted by Crippen LogP contribution is -2.17. The number of rotatable bonds is 5. The molecule has 0 radical (unpaired) electrons. The van der Waals surface area contributed by atoms with Crippen molar-refractivity contribution in [3.8, 4) is 0 Å². The van der Waals surface area contributed by atoms with Gasteiger partial charge in [0.1, 0.15) is 5.58 Å². The molecule has 1 heterocycles. The molecule has 0 aliphatic rings. The third kappa shape index (κ3) is 3.67. The highest BCUT2D eigenvalue weighted by Crippen LogP contribution is 2.20. The van der Waals surface area contributed by atoms with Crippen LogP contribution in [0, 0.1) is 0 Å². The second-order valence-electron chi connectivity index (χ2n) is 5.41. The molecule has 0 fully saturated rings. The SMILES string of the molecule is CN(C/C=C/c1ccc(Br)cc1)Cc1cccc2ccoc12. The highest BCUT2D eigenvalue weighted by molar-refractivity contribution is 9.10. The van der Waals surface area contributed by atoms with Gasteiger partial charge in [-0.2, -0.15) is 0 Å². The minimum atomic E-state index is 0.871. The summed E-state index contributed by atoms with van der Waals surface area (Å²) >= 11 is 3.45. The van der Waals surface area contributed by atoms with Crippen molar-refractivity contribution < 1.29 is 4.42 Å². The molecule has 3 aromatic rings. The Morgan fingerprint density at radius 1 is 1.09 bits per heavy atom. The summed E-state index contributed by atoms with van der Waals surface area (Å²) in [5, 5.41) is 1.16. The zero-order chi connectivity index (χ0) is 15.4. The van der Waals surface area contributed by atoms with Crippen LogP contribution in [0.4, 0.5) is 0 Å². The molecule has 0 bridgehead atoms. The average molecular weight is 356 g/mol. The van der Waals surface area contributed by atoms with Crippen molar-refractivity contribution in [1.82, 2.24) is 4.90 Å². The Balaban J connectivity index is 1.61. The van der Waals surface area contributed by atoms with E-state index in [1.165, 1.54) is 11.1 Å². The fourth-order valence-corrected chi connectivity index (χ4v) is 2.74. The normalized spacial score (nSPS) is 11.8. The lowest BCUT2D eigenvalue weighted by atomic mass is 10.1. The Kier molecular flexibility index (Phi) is 4.76. The van der Waals surface area contributed by atoms with E-state index in [4.69, 9.17) is 4.42 Å². The van der Waals surface area contributed by atoms with Crippen molar-refractivity contribution in [1.29, 1.82) is 0 Å². The molecule has 0 aliphatic carbocycles. The zero-order valence-electron chi connectivity index (χ0n) is 12.5. The topological polar surface area (TPSA) is 16.4 Å². The summed E-state index contributed by atoms with van der Waals surface area (Å²) in [6, 6.07) is 16.6. The van der Waals surface area contributed by atoms with E-state index in [1.54, 1.807) is 6.26 Å². The molecule has 1 aromatic heterocycles. The van der Waals surface area contributed by atoms with Gasteiger partial charge >= 0.3 is 0 Å². The van der Waals surface area contributed by atoms with Crippen LogP contribution in [0.5, 0.6) is 0 Å². The Bertz CT molecular complexity index is 773. The van der Waals surface area contributed by atoms with E-state index in [2.05, 4.69) is 82.5 Å². The maximum absolute atomic E-state index is 5.59. The van der Waals surface area contributed by atoms with Gasteiger partial charge in [0.25, 0.3) is 0 Å². The largest absolute Gasteiger partial charge is 0.464 e. The van der Waals surface area contributed by atoms with E-state index in [0.717, 1.165) is 28.5 Å². The summed E-state index contributed by atoms with van der Waals surface area (Å²) < 4.78 is 6.69. The number of furan rings is 1. The quantitative estimate of drug-likeness (QED) is 0.614. The molecule has 22 heavy (non-hydrogen) atoms. The van der Waals surface area contributed by atoms with Crippen molar-refractivity contribution in [2.75, 3.05) is 13.6 Å². The monoisotopic (exact) mass is 355 g/mol. The zero-order valence-corrected chi connectivity index (χ0v) is 14.1. The predicted octanol–water partition coefficient (Wildman–Crippen LogP) is 5.34. The van der Waals surface area contributed by atoms with Crippen LogP contribution in [0.2, 0.25) is 0 Å². The number of nitrogens with zero attached hydrogens (tertiary/aromatic N) is 1. The first kappa shape index (κ1) is 15.1. The standard InChI is InChI=1S/C19H18BrNO/c1-21(12-3-4-15-7-9-18(20)10-8-15)14-17-6-2-5-16-11-13-22-19(16)17/h2-11,13H,12,14H2,1H3/b4-3+. The minimum Gasteiger partial charge on any atom is -0.464 e. The highest BCUT2D eigenvalue weighted by Gasteiger charge is 2.05. The Morgan fingerprint density at radius 3 is 2.73 bits per heavy atom. The van der Waals surface area contributed by atoms with Gasteiger partial charge in [0.15, 0.2) is 0 Å². The van der Waals surface area contributed by atoms with Gasteiger partial charge in [0.2, 0.25) is 0 Å². The number of hydrogen-bond acceptors (Lipinski definition) is 2. The number of halogens is 1. The molecule has 0 atom stereocenters. The van der Waals surface area contributed by atoms with Gasteiger partial charge < -0.3 is 4.42 Å². The van der Waals surface area contributed by atoms with Crippen LogP contribution in [0.1, 0.15) is 11.1 Å². The van der Waals surface area contributed by atoms with Crippen molar-refractivity contribution in [2.45, 2.75) is 6.54 Å². The van der Waals surface area contributed by atoms with Crippen molar-refractivity contribution >= 4 is 33.0 Å². The lowest BCUT2D eigenvalue weighted by Gasteiger charge is -2.14. The summed E-state index contributed by atoms with van der Waals surface area (Å²) in [5.41, 5.74) is 3.43. The van der Waals surface area contributed by atoms with Gasteiger partial charge in [0.05, 0.1) is 6.26 Å². The summed E-state index contributed by atoms with van der Waals surface area (Å²) in [6.45, 7) is 1.77. The molecule has 0 N–H and O–H groups in total. The molecule has 0 aliphatic heterocycles. The van der Waals surface area contributed by atoms with Gasteiger partial charge in [0, 0.05) is 28.5 Å². The van der Waals surface area contributed by atoms with Crippen LogP contribution in [-0.2, 0) is 6.54 Å². The number of likely N-dealkylation sites (N-methyl/N-ethyl adjacent to an activating group) is 1. The van der Waals surface area contributed by atoms with Gasteiger partial charge in [-0.15, -0.1) is 0 Å². The molecule has 2 nitrogen and oxygen atoms in total. The summed E-state index contributed by atoms with van der Waals surface area (Å²) in [5.74, 6) is 0. The third-order valence-electron chi connectivity index (χ3n) is 3.60. The van der Waals surface area contributed by atoms with Crippen LogP contribution in [0.3, 0.4) is 0 Å². The van der Waals surface area contributed by atoms with Crippen LogP contribution >= 0.6 is 15.9 Å². The van der Waals surface area contributed by atoms with E-state index >= 15 is 0 Å². The van der Waals surface area contributed by atoms with Crippen LogP contribution in [-0.4, -0.2) is 18.5 Å². The molecule has 0 spiro atoms. The summed E-state index contributed by atoms with van der Waals surface area (Å²) in [6.07, 6.45) is 6.09. The molecule has 3 rings (SSSR count). The van der Waals surface area contributed by atoms with E-state index < -0.39 is 0 Å². The summed E-state index contributed by atoms with van der Waals surface area (Å²) in [4.78, 5) is 2.27. The van der Waals surface area contributed by atoms with E-state index in [1.807, 2.05) is 6.07 Å². The number of para-hydroxylation sites is 1. The molecule has 0 saturated heterocycles. The summed E-state index contributed by atoms with van der Waals surface area (Å²) in [7, 11) is 2.12. The predicted molar refractivity (Wildman–Crippen MR) is 95.7 cm³/mol. The van der Waals surface area contributed by atoms with E-state index in [-0.39, 0.29) is 0 Å². The molecule has 0 amide bonds. The fourth-order valence-electron chi connectivity index (χ4n) is 2.48. The second-order valence-corrected chi connectivity index (χ2v) is 6.32. The maximum atomic E-state index is 5.59. The molecular weight excluding hydrogens is 338 g/mol. The molecular formula is C19H18BrNO. The maximum Gasteiger partial charge on any atom is 0.138 e. The van der Waals surface area contributed by atoms with Crippen molar-refractivity contribution in [3.05, 3.63) is 76.5 Å². The molecule has 112 valence electrons. The lowest BCUT2D eigenvalue weighted by molar-refractivity contribution is 0.363. The molecule has 0 unspecified atom stereocenters. The van der Waals surface area contributed by atoms with Gasteiger partial charge in [-0.3, -0.25) is 4.90 Å². The first-order valence-electron chi connectivity index (χ1n) is 7.28. The van der Waals surface area contributed by atoms with Gasteiger partial charge in [-0.25, -0.2) is 0 Å². The highest BCUT2D eigenvalue weighted by atomic mass is 79.9. The molecule has 2 aromatic carbocycles. The van der Waals surface area contributed by atoms with Gasteiger partial charge in [-0.05, 0) is 30.8 Å². The molecule has 0 saturated carbocycles. The van der Waals surface area contributed by atoms with Crippen LogP contribution in [0.25, 0.3) is 17.0 Å². The smallest absolute Gasteiger partial charge is 0.138 e. The first-order valence-corrected chi connectivity index (χ1v) is 8.07. The second kappa shape index (κ2) is 6.95. The average Bonchev–Trinajstić information content (AvgIpc) is 2.99. The number of hydrogen-bond donors (Lipinski definition) is 0.